The van der Waals surface area contributed by atoms with Gasteiger partial charge >= 0.3 is 0 Å². The number of anilines is 1. The number of para-hydroxylation sites is 1. The summed E-state index contributed by atoms with van der Waals surface area (Å²) in [6.07, 6.45) is 0. The van der Waals surface area contributed by atoms with Crippen LogP contribution in [0.15, 0.2) is 29.4 Å². The van der Waals surface area contributed by atoms with E-state index in [1.54, 1.807) is 0 Å². The van der Waals surface area contributed by atoms with Gasteiger partial charge in [0.1, 0.15) is 5.82 Å². The van der Waals surface area contributed by atoms with Gasteiger partial charge in [-0.2, -0.15) is 0 Å². The van der Waals surface area contributed by atoms with E-state index in [1.165, 1.54) is 23.1 Å². The number of aromatic nitrogens is 4. The van der Waals surface area contributed by atoms with Crippen LogP contribution in [0.4, 0.5) is 5.13 Å². The van der Waals surface area contributed by atoms with Gasteiger partial charge in [0.25, 0.3) is 0 Å². The molecule has 6 nitrogen and oxygen atoms in total. The summed E-state index contributed by atoms with van der Waals surface area (Å²) in [5, 5.41) is 12.4. The van der Waals surface area contributed by atoms with Crippen LogP contribution in [0.25, 0.3) is 10.2 Å². The van der Waals surface area contributed by atoms with Gasteiger partial charge in [-0.3, -0.25) is 4.79 Å². The maximum atomic E-state index is 12.1. The van der Waals surface area contributed by atoms with E-state index in [0.717, 1.165) is 21.2 Å². The van der Waals surface area contributed by atoms with E-state index < -0.39 is 0 Å². The number of thiazole rings is 1. The molecule has 0 aliphatic carbocycles. The average Bonchev–Trinajstić information content (AvgIpc) is 3.07. The summed E-state index contributed by atoms with van der Waals surface area (Å²) in [7, 11) is 0. The van der Waals surface area contributed by atoms with Crippen LogP contribution in [-0.2, 0) is 4.79 Å². The summed E-state index contributed by atoms with van der Waals surface area (Å²) in [4.78, 5) is 16.5. The second-order valence-corrected chi connectivity index (χ2v) is 7.29. The molecule has 0 aliphatic rings. The van der Waals surface area contributed by atoms with Crippen LogP contribution >= 0.6 is 23.1 Å². The van der Waals surface area contributed by atoms with Gasteiger partial charge in [-0.1, -0.05) is 35.2 Å². The summed E-state index contributed by atoms with van der Waals surface area (Å²) < 4.78 is 3.08. The number of amides is 1. The van der Waals surface area contributed by atoms with Crippen LogP contribution in [0.1, 0.15) is 25.7 Å². The van der Waals surface area contributed by atoms with E-state index in [1.807, 2.05) is 35.8 Å². The molecule has 0 atom stereocenters. The number of rotatable bonds is 5. The van der Waals surface area contributed by atoms with Crippen molar-refractivity contribution in [3.63, 3.8) is 0 Å². The predicted molar refractivity (Wildman–Crippen MR) is 94.1 cm³/mol. The minimum Gasteiger partial charge on any atom is -0.304 e. The molecule has 0 spiro atoms. The maximum Gasteiger partial charge on any atom is 0.236 e. The van der Waals surface area contributed by atoms with Crippen molar-refractivity contribution in [2.24, 2.45) is 0 Å². The molecule has 2 aromatic heterocycles. The molecule has 1 aromatic carbocycles. The van der Waals surface area contributed by atoms with Crippen molar-refractivity contribution in [1.82, 2.24) is 19.7 Å². The minimum absolute atomic E-state index is 0.0926. The first-order valence-electron chi connectivity index (χ1n) is 7.24. The van der Waals surface area contributed by atoms with Crippen molar-refractivity contribution in [3.05, 3.63) is 30.1 Å². The highest BCUT2D eigenvalue weighted by atomic mass is 32.2. The highest BCUT2D eigenvalue weighted by molar-refractivity contribution is 7.99. The summed E-state index contributed by atoms with van der Waals surface area (Å²) in [5.41, 5.74) is 0.899. The number of benzene rings is 1. The number of thioether (sulfide) groups is 1. The van der Waals surface area contributed by atoms with Crippen LogP contribution in [0.5, 0.6) is 0 Å². The Morgan fingerprint density at radius 2 is 2.13 bits per heavy atom. The first-order chi connectivity index (χ1) is 11.0. The van der Waals surface area contributed by atoms with Crippen LogP contribution in [0.3, 0.4) is 0 Å². The monoisotopic (exact) mass is 347 g/mol. The molecule has 23 heavy (non-hydrogen) atoms. The van der Waals surface area contributed by atoms with Gasteiger partial charge in [-0.25, -0.2) is 4.98 Å². The number of carbonyl (C=O) groups excluding carboxylic acids is 1. The number of nitrogens with one attached hydrogen (secondary N) is 1. The van der Waals surface area contributed by atoms with Crippen LogP contribution < -0.4 is 5.32 Å². The standard InChI is InChI=1S/C15H17N5OS2/c1-9(2)20-10(3)18-19-15(20)22-8-13(21)17-14-16-11-6-4-5-7-12(11)23-14/h4-7,9H,8H2,1-3H3,(H,16,17,21). The first-order valence-corrected chi connectivity index (χ1v) is 9.04. The Morgan fingerprint density at radius 3 is 2.87 bits per heavy atom. The third kappa shape index (κ3) is 3.53. The Balaban J connectivity index is 1.64. The van der Waals surface area contributed by atoms with Gasteiger partial charge < -0.3 is 9.88 Å². The Bertz CT molecular complexity index is 806. The largest absolute Gasteiger partial charge is 0.304 e. The van der Waals surface area contributed by atoms with Crippen molar-refractivity contribution in [2.45, 2.75) is 32.0 Å². The molecule has 0 bridgehead atoms. The molecule has 1 N–H and O–H groups in total. The van der Waals surface area contributed by atoms with Crippen molar-refractivity contribution in [3.8, 4) is 0 Å². The van der Waals surface area contributed by atoms with Crippen molar-refractivity contribution in [2.75, 3.05) is 11.1 Å². The molecule has 1 amide bonds. The number of carbonyl (C=O) groups is 1. The van der Waals surface area contributed by atoms with E-state index in [9.17, 15) is 4.79 Å². The Labute approximate surface area is 142 Å². The Morgan fingerprint density at radius 1 is 1.35 bits per heavy atom. The molecule has 2 heterocycles. The number of aryl methyl sites for hydroxylation is 1. The van der Waals surface area contributed by atoms with Gasteiger partial charge in [0.15, 0.2) is 10.3 Å². The summed E-state index contributed by atoms with van der Waals surface area (Å²) in [5.74, 6) is 1.04. The quantitative estimate of drug-likeness (QED) is 0.715. The first kappa shape index (κ1) is 15.9. The van der Waals surface area contributed by atoms with E-state index >= 15 is 0 Å². The van der Waals surface area contributed by atoms with Gasteiger partial charge in [0.05, 0.1) is 16.0 Å². The molecule has 120 valence electrons. The third-order valence-electron chi connectivity index (χ3n) is 3.22. The molecule has 3 rings (SSSR count). The lowest BCUT2D eigenvalue weighted by Crippen LogP contribution is -2.14. The molecule has 0 saturated heterocycles. The lowest BCUT2D eigenvalue weighted by atomic mass is 10.3. The molecule has 0 radical (unpaired) electrons. The Kier molecular flexibility index (Phi) is 4.63. The van der Waals surface area contributed by atoms with E-state index in [-0.39, 0.29) is 17.7 Å². The Hall–Kier alpha value is -1.93. The number of fused-ring (bicyclic) bond motifs is 1. The van der Waals surface area contributed by atoms with Crippen LogP contribution in [-0.4, -0.2) is 31.4 Å². The van der Waals surface area contributed by atoms with E-state index in [4.69, 9.17) is 0 Å². The van der Waals surface area contributed by atoms with Crippen molar-refractivity contribution in [1.29, 1.82) is 0 Å². The zero-order valence-corrected chi connectivity index (χ0v) is 14.7. The highest BCUT2D eigenvalue weighted by Crippen LogP contribution is 2.26. The summed E-state index contributed by atoms with van der Waals surface area (Å²) in [6, 6.07) is 8.09. The SMILES string of the molecule is Cc1nnc(SCC(=O)Nc2nc3ccccc3s2)n1C(C)C. The topological polar surface area (TPSA) is 72.7 Å². The lowest BCUT2D eigenvalue weighted by molar-refractivity contribution is -0.113. The zero-order valence-electron chi connectivity index (χ0n) is 13.1. The van der Waals surface area contributed by atoms with E-state index in [2.05, 4.69) is 34.3 Å². The predicted octanol–water partition coefficient (Wildman–Crippen LogP) is 3.51. The summed E-state index contributed by atoms with van der Waals surface area (Å²) >= 11 is 2.86. The van der Waals surface area contributed by atoms with Gasteiger partial charge in [-0.05, 0) is 32.9 Å². The molecule has 0 saturated carbocycles. The zero-order chi connectivity index (χ0) is 16.4. The lowest BCUT2D eigenvalue weighted by Gasteiger charge is -2.11. The number of hydrogen-bond acceptors (Lipinski definition) is 6. The van der Waals surface area contributed by atoms with Gasteiger partial charge in [-0.15, -0.1) is 10.2 Å². The second kappa shape index (κ2) is 6.67. The highest BCUT2D eigenvalue weighted by Gasteiger charge is 2.14. The fraction of sp³-hybridized carbons (Fsp3) is 0.333. The van der Waals surface area contributed by atoms with Crippen LogP contribution in [0.2, 0.25) is 0 Å². The smallest absolute Gasteiger partial charge is 0.236 e. The molecule has 0 unspecified atom stereocenters. The normalized spacial score (nSPS) is 11.3. The molecule has 8 heteroatoms. The molecule has 0 aliphatic heterocycles. The molecule has 3 aromatic rings. The number of nitrogens with zero attached hydrogens (tertiary/aromatic N) is 4. The maximum absolute atomic E-state index is 12.1. The van der Waals surface area contributed by atoms with Crippen LogP contribution in [0, 0.1) is 6.92 Å². The average molecular weight is 347 g/mol. The third-order valence-corrected chi connectivity index (χ3v) is 5.12. The fourth-order valence-electron chi connectivity index (χ4n) is 2.25. The van der Waals surface area contributed by atoms with Gasteiger partial charge in [0, 0.05) is 6.04 Å². The second-order valence-electron chi connectivity index (χ2n) is 5.32. The number of hydrogen-bond donors (Lipinski definition) is 1. The van der Waals surface area contributed by atoms with Crippen molar-refractivity contribution < 1.29 is 4.79 Å². The molecule has 0 fully saturated rings. The summed E-state index contributed by atoms with van der Waals surface area (Å²) in [6.45, 7) is 6.06. The molecular formula is C15H17N5OS2. The molecular weight excluding hydrogens is 330 g/mol. The minimum atomic E-state index is -0.0926. The van der Waals surface area contributed by atoms with E-state index in [0.29, 0.717) is 5.13 Å². The van der Waals surface area contributed by atoms with Crippen molar-refractivity contribution >= 4 is 44.4 Å². The fourth-order valence-corrected chi connectivity index (χ4v) is 4.05. The van der Waals surface area contributed by atoms with Gasteiger partial charge in [0.2, 0.25) is 5.91 Å².